The minimum absolute atomic E-state index is 0.593. The molecule has 0 bridgehead atoms. The first-order valence-electron chi connectivity index (χ1n) is 32.0. The monoisotopic (exact) mass is 1250 g/mol. The summed E-state index contributed by atoms with van der Waals surface area (Å²) in [5.41, 5.74) is 21.9. The summed E-state index contributed by atoms with van der Waals surface area (Å²) < 4.78 is 4.76. The normalized spacial score (nSPS) is 13.7. The van der Waals surface area contributed by atoms with Crippen LogP contribution in [0.3, 0.4) is 0 Å². The topological polar surface area (TPSA) is 82.3 Å². The fraction of sp³-hybridized carbons (Fsp3) is 0.0233. The van der Waals surface area contributed by atoms with E-state index in [4.69, 9.17) is 29.9 Å². The molecule has 2 aliphatic rings. The van der Waals surface area contributed by atoms with E-state index in [9.17, 15) is 0 Å². The Kier molecular flexibility index (Phi) is 12.7. The zero-order chi connectivity index (χ0) is 62.7. The van der Waals surface area contributed by atoms with Gasteiger partial charge >= 0.3 is 0 Å². The van der Waals surface area contributed by atoms with Crippen LogP contribution in [-0.2, 0) is 5.41 Å². The second-order valence-corrected chi connectivity index (χ2v) is 26.6. The van der Waals surface area contributed by atoms with E-state index >= 15 is 0 Å². The molecule has 17 aromatic rings. The van der Waals surface area contributed by atoms with E-state index in [0.29, 0.717) is 34.9 Å². The molecule has 0 saturated heterocycles. The van der Waals surface area contributed by atoms with Gasteiger partial charge in [-0.2, -0.15) is 0 Å². The molecular weight excluding hydrogens is 1200 g/mol. The van der Waals surface area contributed by atoms with Gasteiger partial charge in [0.2, 0.25) is 0 Å². The number of aryl methyl sites for hydroxylation is 1. The van der Waals surface area contributed by atoms with Crippen LogP contribution in [0.1, 0.15) is 27.8 Å². The summed E-state index contributed by atoms with van der Waals surface area (Å²) in [5.74, 6) is 3.83. The first kappa shape index (κ1) is 54.9. The van der Waals surface area contributed by atoms with Gasteiger partial charge < -0.3 is 4.57 Å². The second kappa shape index (κ2) is 22.0. The third-order valence-corrected chi connectivity index (χ3v) is 21.5. The second-order valence-electron chi connectivity index (χ2n) is 24.5. The molecule has 0 radical (unpaired) electrons. The molecule has 7 nitrogen and oxygen atoms in total. The number of rotatable bonds is 9. The van der Waals surface area contributed by atoms with Gasteiger partial charge in [-0.25, -0.2) is 29.9 Å². The van der Waals surface area contributed by atoms with Crippen molar-refractivity contribution < 1.29 is 0 Å². The smallest absolute Gasteiger partial charge is 0.165 e. The van der Waals surface area contributed by atoms with E-state index in [1.54, 1.807) is 11.3 Å². The predicted molar refractivity (Wildman–Crippen MR) is 390 cm³/mol. The van der Waals surface area contributed by atoms with Crippen molar-refractivity contribution in [3.63, 3.8) is 0 Å². The minimum atomic E-state index is -0.593. The van der Waals surface area contributed by atoms with Gasteiger partial charge in [-0.1, -0.05) is 272 Å². The molecule has 0 N–H and O–H groups in total. The summed E-state index contributed by atoms with van der Waals surface area (Å²) in [4.78, 5) is 33.5. The molecule has 1 atom stereocenters. The summed E-state index contributed by atoms with van der Waals surface area (Å²) in [7, 11) is 0. The summed E-state index contributed by atoms with van der Waals surface area (Å²) in [6.45, 7) is 2.14. The quantitative estimate of drug-likeness (QED) is 0.142. The maximum atomic E-state index is 5.26. The number of fused-ring (bicyclic) bond motifs is 15. The van der Waals surface area contributed by atoms with E-state index in [-0.39, 0.29) is 0 Å². The number of benzene rings is 13. The minimum Gasteiger partial charge on any atom is -0.309 e. The first-order chi connectivity index (χ1) is 47.0. The van der Waals surface area contributed by atoms with Crippen LogP contribution in [0, 0.1) is 6.92 Å². The molecule has 13 aromatic carbocycles. The maximum Gasteiger partial charge on any atom is 0.165 e. The summed E-state index contributed by atoms with van der Waals surface area (Å²) in [6, 6.07) is 109. The van der Waals surface area contributed by atoms with E-state index in [1.807, 2.05) is 84.6 Å². The maximum absolute atomic E-state index is 5.26. The lowest BCUT2D eigenvalue weighted by Crippen LogP contribution is -2.32. The third kappa shape index (κ3) is 8.81. The van der Waals surface area contributed by atoms with Crippen molar-refractivity contribution in [2.75, 3.05) is 0 Å². The molecule has 1 spiro atoms. The molecule has 1 aliphatic heterocycles. The molecule has 19 rings (SSSR count). The Morgan fingerprint density at radius 3 is 1.47 bits per heavy atom. The van der Waals surface area contributed by atoms with E-state index in [0.717, 1.165) is 76.7 Å². The Hall–Kier alpha value is -11.8. The van der Waals surface area contributed by atoms with Crippen LogP contribution in [0.2, 0.25) is 0 Å². The largest absolute Gasteiger partial charge is 0.309 e. The molecule has 0 amide bonds. The number of hydrogen-bond donors (Lipinski definition) is 0. The van der Waals surface area contributed by atoms with Gasteiger partial charge in [0, 0.05) is 79.8 Å². The van der Waals surface area contributed by atoms with Crippen molar-refractivity contribution in [1.29, 1.82) is 0 Å². The molecular formula is C86H53N7S2. The number of aromatic nitrogens is 7. The SMILES string of the molecule is Cc1ccc(-n2c3cc(-c4ccc5c(c4)-c4ccccc4C54c5ccccc5Sc5c(-c6ccc7c(c6)sc6c(-c8nc(-c9ccccc9)nc(-c9ccccc9)n8)cccc67)cccc54)ccc3c3c(-c4nc(-c5ccccc5)nc(-c5ccccc5)n4)cccc32)cc1. The number of nitrogens with zero attached hydrogens (tertiary/aromatic N) is 7. The fourth-order valence-corrected chi connectivity index (χ4v) is 17.3. The van der Waals surface area contributed by atoms with Crippen molar-refractivity contribution >= 4 is 65.1 Å². The van der Waals surface area contributed by atoms with Crippen molar-refractivity contribution in [3.05, 3.63) is 331 Å². The average molecular weight is 1250 g/mol. The Morgan fingerprint density at radius 2 is 0.800 bits per heavy atom. The molecule has 444 valence electrons. The fourth-order valence-electron chi connectivity index (χ4n) is 14.7. The molecule has 1 aliphatic carbocycles. The van der Waals surface area contributed by atoms with Gasteiger partial charge in [-0.15, -0.1) is 11.3 Å². The van der Waals surface area contributed by atoms with Crippen molar-refractivity contribution in [1.82, 2.24) is 34.5 Å². The molecule has 9 heteroatoms. The molecule has 1 unspecified atom stereocenters. The van der Waals surface area contributed by atoms with E-state index in [2.05, 4.69) is 242 Å². The third-order valence-electron chi connectivity index (χ3n) is 19.1. The van der Waals surface area contributed by atoms with Gasteiger partial charge in [0.05, 0.1) is 16.4 Å². The lowest BCUT2D eigenvalue weighted by Gasteiger charge is -2.40. The molecule has 5 heterocycles. The number of hydrogen-bond acceptors (Lipinski definition) is 8. The van der Waals surface area contributed by atoms with Crippen molar-refractivity contribution in [2.24, 2.45) is 0 Å². The van der Waals surface area contributed by atoms with Gasteiger partial charge in [-0.3, -0.25) is 0 Å². The van der Waals surface area contributed by atoms with Crippen LogP contribution in [0.4, 0.5) is 0 Å². The first-order valence-corrected chi connectivity index (χ1v) is 33.6. The molecule has 0 fully saturated rings. The molecule has 0 saturated carbocycles. The highest BCUT2D eigenvalue weighted by atomic mass is 32.2. The van der Waals surface area contributed by atoms with Crippen molar-refractivity contribution in [2.45, 2.75) is 22.1 Å². The van der Waals surface area contributed by atoms with Gasteiger partial charge in [0.15, 0.2) is 34.9 Å². The highest BCUT2D eigenvalue weighted by Gasteiger charge is 2.50. The highest BCUT2D eigenvalue weighted by Crippen LogP contribution is 2.64. The Balaban J connectivity index is 0.750. The van der Waals surface area contributed by atoms with Crippen LogP contribution in [0.25, 0.3) is 149 Å². The van der Waals surface area contributed by atoms with Crippen LogP contribution < -0.4 is 0 Å². The van der Waals surface area contributed by atoms with Crippen LogP contribution in [-0.4, -0.2) is 34.5 Å². The standard InChI is InChI=1S/C86H53N7S2/c1-52-39-44-60(45-40-52)93-73-37-20-32-66(84-89-80(53-21-6-2-7-22-53)87-81(90-84)54-23-8-3-9-24-54)77(73)65-47-41-58(50-74(65)93)57-43-48-70-68(49-57)62-29-14-15-34-69(62)86(70)71-35-16-17-38-75(71)94-79-61(30-19-36-72(79)86)59-42-46-63-64-31-18-33-67(78(64)95-76(63)51-59)85-91-82(55-25-10-4-11-26-55)88-83(92-85)56-27-12-5-13-28-56/h2-51H,1H3. The zero-order valence-corrected chi connectivity index (χ0v) is 52.9. The van der Waals surface area contributed by atoms with Gasteiger partial charge in [0.1, 0.15) is 0 Å². The Labute approximate surface area is 556 Å². The van der Waals surface area contributed by atoms with E-state index < -0.39 is 5.41 Å². The predicted octanol–water partition coefficient (Wildman–Crippen LogP) is 22.0. The zero-order valence-electron chi connectivity index (χ0n) is 51.3. The van der Waals surface area contributed by atoms with Crippen LogP contribution in [0.5, 0.6) is 0 Å². The van der Waals surface area contributed by atoms with Crippen molar-refractivity contribution in [3.8, 4) is 107 Å². The summed E-state index contributed by atoms with van der Waals surface area (Å²) in [6.07, 6.45) is 0. The highest BCUT2D eigenvalue weighted by molar-refractivity contribution is 7.99. The molecule has 95 heavy (non-hydrogen) atoms. The average Bonchev–Trinajstić information content (AvgIpc) is 1.59. The summed E-state index contributed by atoms with van der Waals surface area (Å²) in [5, 5.41) is 4.59. The van der Waals surface area contributed by atoms with Gasteiger partial charge in [0.25, 0.3) is 0 Å². The lowest BCUT2D eigenvalue weighted by atomic mass is 9.67. The van der Waals surface area contributed by atoms with Crippen LogP contribution >= 0.6 is 23.1 Å². The van der Waals surface area contributed by atoms with Gasteiger partial charge in [-0.05, 0) is 111 Å². The van der Waals surface area contributed by atoms with E-state index in [1.165, 1.54) is 75.3 Å². The lowest BCUT2D eigenvalue weighted by molar-refractivity contribution is 0.723. The van der Waals surface area contributed by atoms with Crippen LogP contribution in [0.15, 0.2) is 313 Å². The number of thiophene rings is 1. The Bertz CT molecular complexity index is 5830. The summed E-state index contributed by atoms with van der Waals surface area (Å²) >= 11 is 3.70. The molecule has 4 aromatic heterocycles. The Morgan fingerprint density at radius 1 is 0.305 bits per heavy atom.